The molecule has 0 fully saturated rings. The fourth-order valence-electron chi connectivity index (χ4n) is 3.87. The maximum Gasteiger partial charge on any atom is 0.224 e. The largest absolute Gasteiger partial charge is 0.493 e. The predicted molar refractivity (Wildman–Crippen MR) is 135 cm³/mol. The molecule has 0 saturated heterocycles. The van der Waals surface area contributed by atoms with Gasteiger partial charge in [0.15, 0.2) is 11.5 Å². The van der Waals surface area contributed by atoms with Crippen LogP contribution in [0.5, 0.6) is 11.5 Å². The first kappa shape index (κ1) is 30.1. The lowest BCUT2D eigenvalue weighted by molar-refractivity contribution is -0.129. The van der Waals surface area contributed by atoms with E-state index in [9.17, 15) is 14.7 Å². The standard InChI is InChI=1S/C25H41N5O5/c1-7-16(11-17-9-10-21(34-5)22(13-17)35-6)12-19(29-30-27)20(31)14-18(8-2)23(32)28-15-25(3,4)24(26)33/h9-10,13,16,18-20,31H,7-8,11-12,14-15H2,1-6H3,(H2,26,33)(H,28,32)/t16-,18+,19-,20-/m0/s1. The molecule has 0 aliphatic rings. The molecule has 10 heteroatoms. The molecule has 4 atom stereocenters. The molecule has 0 spiro atoms. The molecule has 0 bridgehead atoms. The number of nitrogens with one attached hydrogen (secondary N) is 1. The number of ether oxygens (including phenoxy) is 2. The van der Waals surface area contributed by atoms with Crippen molar-refractivity contribution in [3.63, 3.8) is 0 Å². The molecule has 0 aliphatic heterocycles. The third-order valence-electron chi connectivity index (χ3n) is 6.53. The van der Waals surface area contributed by atoms with E-state index in [-0.39, 0.29) is 24.8 Å². The molecule has 196 valence electrons. The number of benzene rings is 1. The van der Waals surface area contributed by atoms with Crippen LogP contribution in [-0.2, 0) is 16.0 Å². The lowest BCUT2D eigenvalue weighted by Gasteiger charge is -2.27. The van der Waals surface area contributed by atoms with Gasteiger partial charge in [0.25, 0.3) is 0 Å². The van der Waals surface area contributed by atoms with Gasteiger partial charge in [0.1, 0.15) is 0 Å². The van der Waals surface area contributed by atoms with Crippen LogP contribution in [0.4, 0.5) is 0 Å². The molecule has 0 aromatic heterocycles. The molecule has 2 amide bonds. The van der Waals surface area contributed by atoms with Gasteiger partial charge in [-0.05, 0) is 68.7 Å². The van der Waals surface area contributed by atoms with E-state index in [0.717, 1.165) is 12.0 Å². The molecular weight excluding hydrogens is 450 g/mol. The first-order chi connectivity index (χ1) is 16.5. The number of hydrogen-bond donors (Lipinski definition) is 3. The highest BCUT2D eigenvalue weighted by Crippen LogP contribution is 2.30. The summed E-state index contributed by atoms with van der Waals surface area (Å²) in [6, 6.07) is 5.07. The number of rotatable bonds is 16. The summed E-state index contributed by atoms with van der Waals surface area (Å²) >= 11 is 0. The van der Waals surface area contributed by atoms with Crippen molar-refractivity contribution < 1.29 is 24.2 Å². The van der Waals surface area contributed by atoms with Crippen molar-refractivity contribution in [1.29, 1.82) is 0 Å². The SMILES string of the molecule is CC[C@@H](Cc1ccc(OC)c(OC)c1)C[C@H](N=[N+]=[N-])[C@@H](O)C[C@@H](CC)C(=O)NCC(C)(C)C(N)=O. The Hall–Kier alpha value is -2.97. The van der Waals surface area contributed by atoms with Crippen molar-refractivity contribution in [2.24, 2.45) is 28.1 Å². The zero-order chi connectivity index (χ0) is 26.6. The summed E-state index contributed by atoms with van der Waals surface area (Å²) in [7, 11) is 3.17. The van der Waals surface area contributed by atoms with Gasteiger partial charge in [0.2, 0.25) is 11.8 Å². The first-order valence-corrected chi connectivity index (χ1v) is 12.0. The van der Waals surface area contributed by atoms with Gasteiger partial charge in [-0.2, -0.15) is 0 Å². The average Bonchev–Trinajstić information content (AvgIpc) is 2.84. The van der Waals surface area contributed by atoms with Crippen molar-refractivity contribution in [2.75, 3.05) is 20.8 Å². The van der Waals surface area contributed by atoms with Gasteiger partial charge in [0, 0.05) is 17.4 Å². The number of hydrogen-bond acceptors (Lipinski definition) is 6. The maximum absolute atomic E-state index is 12.7. The van der Waals surface area contributed by atoms with Crippen molar-refractivity contribution >= 4 is 11.8 Å². The fraction of sp³-hybridized carbons (Fsp3) is 0.680. The highest BCUT2D eigenvalue weighted by Gasteiger charge is 2.30. The van der Waals surface area contributed by atoms with Gasteiger partial charge in [-0.3, -0.25) is 9.59 Å². The number of aliphatic hydroxyl groups is 1. The summed E-state index contributed by atoms with van der Waals surface area (Å²) in [6.45, 7) is 7.33. The van der Waals surface area contributed by atoms with Crippen LogP contribution < -0.4 is 20.5 Å². The van der Waals surface area contributed by atoms with Crippen LogP contribution in [-0.4, -0.2) is 49.8 Å². The smallest absolute Gasteiger partial charge is 0.224 e. The number of primary amides is 1. The van der Waals surface area contributed by atoms with Gasteiger partial charge < -0.3 is 25.6 Å². The topological polar surface area (TPSA) is 160 Å². The fourth-order valence-corrected chi connectivity index (χ4v) is 3.87. The maximum atomic E-state index is 12.7. The summed E-state index contributed by atoms with van der Waals surface area (Å²) in [5.74, 6) is 0.171. The number of nitrogens with zero attached hydrogens (tertiary/aromatic N) is 3. The van der Waals surface area contributed by atoms with Crippen LogP contribution >= 0.6 is 0 Å². The van der Waals surface area contributed by atoms with Crippen molar-refractivity contribution in [1.82, 2.24) is 5.32 Å². The van der Waals surface area contributed by atoms with E-state index in [4.69, 9.17) is 20.7 Å². The summed E-state index contributed by atoms with van der Waals surface area (Å²) in [5, 5.41) is 17.5. The van der Waals surface area contributed by atoms with Gasteiger partial charge in [-0.15, -0.1) is 0 Å². The second kappa shape index (κ2) is 14.4. The lowest BCUT2D eigenvalue weighted by Crippen LogP contribution is -2.44. The average molecular weight is 492 g/mol. The van der Waals surface area contributed by atoms with Crippen LogP contribution in [0.1, 0.15) is 58.9 Å². The molecule has 0 heterocycles. The minimum Gasteiger partial charge on any atom is -0.493 e. The van der Waals surface area contributed by atoms with E-state index >= 15 is 0 Å². The number of carbonyl (C=O) groups is 2. The number of azide groups is 1. The number of carbonyl (C=O) groups excluding carboxylic acids is 2. The van der Waals surface area contributed by atoms with Crippen molar-refractivity contribution in [3.8, 4) is 11.5 Å². The van der Waals surface area contributed by atoms with E-state index in [1.807, 2.05) is 32.0 Å². The molecular formula is C25H41N5O5. The highest BCUT2D eigenvalue weighted by atomic mass is 16.5. The molecule has 35 heavy (non-hydrogen) atoms. The quantitative estimate of drug-likeness (QED) is 0.182. The van der Waals surface area contributed by atoms with Crippen molar-refractivity contribution in [2.45, 2.75) is 71.9 Å². The Morgan fingerprint density at radius 3 is 2.34 bits per heavy atom. The number of aliphatic hydroxyl groups excluding tert-OH is 1. The molecule has 10 nitrogen and oxygen atoms in total. The monoisotopic (exact) mass is 491 g/mol. The number of methoxy groups -OCH3 is 2. The predicted octanol–water partition coefficient (Wildman–Crippen LogP) is 3.75. The Labute approximate surface area is 208 Å². The summed E-state index contributed by atoms with van der Waals surface area (Å²) < 4.78 is 10.7. The normalized spacial score (nSPS) is 14.7. The third kappa shape index (κ3) is 9.30. The minimum absolute atomic E-state index is 0.108. The Kier molecular flexibility index (Phi) is 12.4. The highest BCUT2D eigenvalue weighted by molar-refractivity contribution is 5.82. The van der Waals surface area contributed by atoms with Crippen LogP contribution in [0.2, 0.25) is 0 Å². The van der Waals surface area contributed by atoms with Gasteiger partial charge in [-0.1, -0.05) is 31.4 Å². The van der Waals surface area contributed by atoms with Crippen LogP contribution in [0.15, 0.2) is 23.3 Å². The van der Waals surface area contributed by atoms with Crippen LogP contribution in [0.25, 0.3) is 10.4 Å². The summed E-state index contributed by atoms with van der Waals surface area (Å²) in [6.07, 6.45) is 1.66. The minimum atomic E-state index is -0.981. The molecule has 1 aromatic rings. The zero-order valence-electron chi connectivity index (χ0n) is 21.8. The molecule has 0 radical (unpaired) electrons. The Morgan fingerprint density at radius 1 is 1.17 bits per heavy atom. The van der Waals surface area contributed by atoms with E-state index < -0.39 is 29.4 Å². The number of amides is 2. The second-order valence-electron chi connectivity index (χ2n) is 9.55. The summed E-state index contributed by atoms with van der Waals surface area (Å²) in [5.41, 5.74) is 14.7. The van der Waals surface area contributed by atoms with E-state index in [1.54, 1.807) is 28.1 Å². The molecule has 0 aliphatic carbocycles. The Morgan fingerprint density at radius 2 is 1.83 bits per heavy atom. The third-order valence-corrected chi connectivity index (χ3v) is 6.53. The Bertz CT molecular complexity index is 885. The van der Waals surface area contributed by atoms with Gasteiger partial charge in [-0.25, -0.2) is 0 Å². The van der Waals surface area contributed by atoms with E-state index in [2.05, 4.69) is 15.3 Å². The number of nitrogens with two attached hydrogens (primary N) is 1. The van der Waals surface area contributed by atoms with Crippen LogP contribution in [0, 0.1) is 17.3 Å². The summed E-state index contributed by atoms with van der Waals surface area (Å²) in [4.78, 5) is 27.1. The molecule has 1 aromatic carbocycles. The lowest BCUT2D eigenvalue weighted by atomic mass is 9.86. The first-order valence-electron chi connectivity index (χ1n) is 12.0. The van der Waals surface area contributed by atoms with E-state index in [1.165, 1.54) is 0 Å². The molecule has 0 unspecified atom stereocenters. The second-order valence-corrected chi connectivity index (χ2v) is 9.55. The van der Waals surface area contributed by atoms with Crippen LogP contribution in [0.3, 0.4) is 0 Å². The van der Waals surface area contributed by atoms with Gasteiger partial charge >= 0.3 is 0 Å². The molecule has 4 N–H and O–H groups in total. The van der Waals surface area contributed by atoms with E-state index in [0.29, 0.717) is 30.8 Å². The Balaban J connectivity index is 2.87. The van der Waals surface area contributed by atoms with Gasteiger partial charge in [0.05, 0.1) is 31.8 Å². The molecule has 0 saturated carbocycles. The van der Waals surface area contributed by atoms with Crippen molar-refractivity contribution in [3.05, 3.63) is 34.2 Å². The zero-order valence-corrected chi connectivity index (χ0v) is 21.8. The molecule has 1 rings (SSSR count).